The van der Waals surface area contributed by atoms with Crippen LogP contribution in [0.25, 0.3) is 0 Å². The Morgan fingerprint density at radius 2 is 2.07 bits per heavy atom. The molecule has 80 valence electrons. The molecule has 0 aromatic rings. The standard InChI is InChI=1S/C11H19NO2/c13-11(9-5-6-14-8-9)7-12-10-3-1-2-4-10/h9-10,12H,1-8H2. The third-order valence-electron chi connectivity index (χ3n) is 3.31. The van der Waals surface area contributed by atoms with Gasteiger partial charge in [-0.05, 0) is 19.3 Å². The number of carbonyl (C=O) groups is 1. The summed E-state index contributed by atoms with van der Waals surface area (Å²) in [6.07, 6.45) is 6.05. The van der Waals surface area contributed by atoms with Gasteiger partial charge >= 0.3 is 0 Å². The summed E-state index contributed by atoms with van der Waals surface area (Å²) in [6, 6.07) is 0.598. The van der Waals surface area contributed by atoms with Gasteiger partial charge in [-0.2, -0.15) is 0 Å². The smallest absolute Gasteiger partial charge is 0.152 e. The highest BCUT2D eigenvalue weighted by atomic mass is 16.5. The molecule has 0 spiro atoms. The number of Topliss-reactive ketones (excluding diaryl/α,β-unsaturated/α-hetero) is 1. The van der Waals surface area contributed by atoms with Gasteiger partial charge in [0, 0.05) is 18.6 Å². The third-order valence-corrected chi connectivity index (χ3v) is 3.31. The van der Waals surface area contributed by atoms with Gasteiger partial charge in [-0.1, -0.05) is 12.8 Å². The molecule has 3 heteroatoms. The Kier molecular flexibility index (Phi) is 3.54. The van der Waals surface area contributed by atoms with Gasteiger partial charge in [-0.25, -0.2) is 0 Å². The van der Waals surface area contributed by atoms with Crippen LogP contribution in [0.1, 0.15) is 32.1 Å². The molecule has 1 saturated carbocycles. The van der Waals surface area contributed by atoms with Crippen molar-refractivity contribution in [2.45, 2.75) is 38.1 Å². The maximum absolute atomic E-state index is 11.7. The first-order valence-corrected chi connectivity index (χ1v) is 5.70. The molecule has 1 saturated heterocycles. The zero-order valence-electron chi connectivity index (χ0n) is 8.63. The lowest BCUT2D eigenvalue weighted by molar-refractivity contribution is -0.122. The number of carbonyl (C=O) groups excluding carboxylic acids is 1. The van der Waals surface area contributed by atoms with Crippen molar-refractivity contribution in [3.63, 3.8) is 0 Å². The van der Waals surface area contributed by atoms with Crippen LogP contribution >= 0.6 is 0 Å². The van der Waals surface area contributed by atoms with Gasteiger partial charge in [0.25, 0.3) is 0 Å². The molecule has 1 atom stereocenters. The van der Waals surface area contributed by atoms with Crippen molar-refractivity contribution in [2.75, 3.05) is 19.8 Å². The molecule has 14 heavy (non-hydrogen) atoms. The highest BCUT2D eigenvalue weighted by Gasteiger charge is 2.24. The minimum atomic E-state index is 0.170. The fourth-order valence-corrected chi connectivity index (χ4v) is 2.31. The average molecular weight is 197 g/mol. The molecule has 0 amide bonds. The minimum Gasteiger partial charge on any atom is -0.381 e. The minimum absolute atomic E-state index is 0.170. The van der Waals surface area contributed by atoms with E-state index in [0.717, 1.165) is 13.0 Å². The molecule has 2 fully saturated rings. The Morgan fingerprint density at radius 3 is 2.71 bits per heavy atom. The zero-order chi connectivity index (χ0) is 9.80. The van der Waals surface area contributed by atoms with Crippen LogP contribution in [-0.2, 0) is 9.53 Å². The number of ether oxygens (including phenoxy) is 1. The van der Waals surface area contributed by atoms with E-state index in [1.807, 2.05) is 0 Å². The average Bonchev–Trinajstić information content (AvgIpc) is 2.87. The lowest BCUT2D eigenvalue weighted by Crippen LogP contribution is -2.34. The Bertz CT molecular complexity index is 193. The van der Waals surface area contributed by atoms with E-state index in [0.29, 0.717) is 25.0 Å². The fraction of sp³-hybridized carbons (Fsp3) is 0.909. The summed E-state index contributed by atoms with van der Waals surface area (Å²) in [6.45, 7) is 1.96. The lowest BCUT2D eigenvalue weighted by Gasteiger charge is -2.12. The van der Waals surface area contributed by atoms with E-state index in [9.17, 15) is 4.79 Å². The molecule has 1 N–H and O–H groups in total. The topological polar surface area (TPSA) is 38.3 Å². The second-order valence-electron chi connectivity index (χ2n) is 4.39. The summed E-state index contributed by atoms with van der Waals surface area (Å²) in [5.41, 5.74) is 0. The van der Waals surface area contributed by atoms with E-state index in [1.54, 1.807) is 0 Å². The van der Waals surface area contributed by atoms with Gasteiger partial charge in [0.2, 0.25) is 0 Å². The number of hydrogen-bond donors (Lipinski definition) is 1. The molecule has 2 aliphatic rings. The quantitative estimate of drug-likeness (QED) is 0.734. The van der Waals surface area contributed by atoms with Crippen molar-refractivity contribution in [2.24, 2.45) is 5.92 Å². The second-order valence-corrected chi connectivity index (χ2v) is 4.39. The predicted molar refractivity (Wildman–Crippen MR) is 54.2 cm³/mol. The highest BCUT2D eigenvalue weighted by molar-refractivity contribution is 5.83. The summed E-state index contributed by atoms with van der Waals surface area (Å²) in [5.74, 6) is 0.512. The Labute approximate surface area is 85.2 Å². The third kappa shape index (κ3) is 2.55. The molecule has 2 rings (SSSR count). The normalized spacial score (nSPS) is 28.4. The molecule has 3 nitrogen and oxygen atoms in total. The van der Waals surface area contributed by atoms with E-state index in [-0.39, 0.29) is 5.92 Å². The van der Waals surface area contributed by atoms with Crippen molar-refractivity contribution in [3.05, 3.63) is 0 Å². The van der Waals surface area contributed by atoms with Gasteiger partial charge in [-0.15, -0.1) is 0 Å². The predicted octanol–water partition coefficient (Wildman–Crippen LogP) is 1.12. The van der Waals surface area contributed by atoms with E-state index >= 15 is 0 Å². The van der Waals surface area contributed by atoms with E-state index in [4.69, 9.17) is 4.74 Å². The summed E-state index contributed by atoms with van der Waals surface area (Å²) in [7, 11) is 0. The number of ketones is 1. The summed E-state index contributed by atoms with van der Waals surface area (Å²) in [4.78, 5) is 11.7. The van der Waals surface area contributed by atoms with Crippen LogP contribution in [-0.4, -0.2) is 31.6 Å². The van der Waals surface area contributed by atoms with Crippen molar-refractivity contribution >= 4 is 5.78 Å². The molecule has 0 aromatic carbocycles. The van der Waals surface area contributed by atoms with Crippen LogP contribution in [0.5, 0.6) is 0 Å². The van der Waals surface area contributed by atoms with Crippen molar-refractivity contribution in [1.82, 2.24) is 5.32 Å². The molecule has 0 radical (unpaired) electrons. The molecule has 1 aliphatic heterocycles. The maximum Gasteiger partial charge on any atom is 0.152 e. The first-order valence-electron chi connectivity index (χ1n) is 5.70. The zero-order valence-corrected chi connectivity index (χ0v) is 8.63. The fourth-order valence-electron chi connectivity index (χ4n) is 2.31. The van der Waals surface area contributed by atoms with Gasteiger partial charge in [0.05, 0.1) is 13.2 Å². The summed E-state index contributed by atoms with van der Waals surface area (Å²) in [5, 5.41) is 3.35. The van der Waals surface area contributed by atoms with Crippen LogP contribution in [0.2, 0.25) is 0 Å². The van der Waals surface area contributed by atoms with Gasteiger partial charge in [-0.3, -0.25) is 4.79 Å². The number of nitrogens with one attached hydrogen (secondary N) is 1. The van der Waals surface area contributed by atoms with Crippen LogP contribution in [0.4, 0.5) is 0 Å². The molecule has 1 unspecified atom stereocenters. The molecular weight excluding hydrogens is 178 g/mol. The van der Waals surface area contributed by atoms with Crippen LogP contribution < -0.4 is 5.32 Å². The first-order chi connectivity index (χ1) is 6.86. The Hall–Kier alpha value is -0.410. The Balaban J connectivity index is 1.66. The molecule has 1 aliphatic carbocycles. The van der Waals surface area contributed by atoms with Crippen molar-refractivity contribution < 1.29 is 9.53 Å². The molecule has 1 heterocycles. The van der Waals surface area contributed by atoms with Gasteiger partial charge in [0.15, 0.2) is 5.78 Å². The van der Waals surface area contributed by atoms with Crippen LogP contribution in [0.15, 0.2) is 0 Å². The van der Waals surface area contributed by atoms with E-state index < -0.39 is 0 Å². The summed E-state index contributed by atoms with van der Waals surface area (Å²) < 4.78 is 5.20. The van der Waals surface area contributed by atoms with Crippen molar-refractivity contribution in [1.29, 1.82) is 0 Å². The monoisotopic (exact) mass is 197 g/mol. The largest absolute Gasteiger partial charge is 0.381 e. The molecule has 0 bridgehead atoms. The molecular formula is C11H19NO2. The SMILES string of the molecule is O=C(CNC1CCCC1)C1CCOC1. The van der Waals surface area contributed by atoms with Crippen molar-refractivity contribution in [3.8, 4) is 0 Å². The van der Waals surface area contributed by atoms with E-state index in [1.165, 1.54) is 25.7 Å². The van der Waals surface area contributed by atoms with Crippen LogP contribution in [0, 0.1) is 5.92 Å². The number of hydrogen-bond acceptors (Lipinski definition) is 3. The summed E-state index contributed by atoms with van der Waals surface area (Å²) >= 11 is 0. The maximum atomic E-state index is 11.7. The van der Waals surface area contributed by atoms with Crippen LogP contribution in [0.3, 0.4) is 0 Å². The number of rotatable bonds is 4. The van der Waals surface area contributed by atoms with Gasteiger partial charge < -0.3 is 10.1 Å². The first kappa shape index (κ1) is 10.1. The van der Waals surface area contributed by atoms with Gasteiger partial charge in [0.1, 0.15) is 0 Å². The Morgan fingerprint density at radius 1 is 1.29 bits per heavy atom. The van der Waals surface area contributed by atoms with E-state index in [2.05, 4.69) is 5.32 Å². The highest BCUT2D eigenvalue weighted by Crippen LogP contribution is 2.18. The molecule has 0 aromatic heterocycles. The second kappa shape index (κ2) is 4.89. The lowest BCUT2D eigenvalue weighted by atomic mass is 10.0.